The average molecular weight is 193 g/mol. The van der Waals surface area contributed by atoms with Gasteiger partial charge in [0.25, 0.3) is 0 Å². The number of likely N-dealkylation sites (N-methyl/N-ethyl adjacent to an activating group) is 1. The average Bonchev–Trinajstić information content (AvgIpc) is 2.00. The Balaban J connectivity index is 3.20. The van der Waals surface area contributed by atoms with E-state index in [1.807, 2.05) is 19.0 Å². The summed E-state index contributed by atoms with van der Waals surface area (Å²) in [4.78, 5) is 13.0. The van der Waals surface area contributed by atoms with Crippen LogP contribution in [0.5, 0.6) is 0 Å². The lowest BCUT2D eigenvalue weighted by Gasteiger charge is -2.09. The van der Waals surface area contributed by atoms with Gasteiger partial charge >= 0.3 is 0 Å². The van der Waals surface area contributed by atoms with E-state index in [0.29, 0.717) is 18.8 Å². The van der Waals surface area contributed by atoms with Crippen LogP contribution in [0.4, 0.5) is 0 Å². The highest BCUT2D eigenvalue weighted by atomic mass is 35.5. The minimum absolute atomic E-state index is 0.0949. The zero-order valence-corrected chi connectivity index (χ0v) is 8.52. The van der Waals surface area contributed by atoms with Crippen molar-refractivity contribution in [1.82, 2.24) is 10.2 Å². The van der Waals surface area contributed by atoms with Gasteiger partial charge in [-0.3, -0.25) is 4.79 Å². The first kappa shape index (κ1) is 11.7. The minimum Gasteiger partial charge on any atom is -0.355 e. The van der Waals surface area contributed by atoms with Crippen molar-refractivity contribution in [2.24, 2.45) is 0 Å². The fraction of sp³-hybridized carbons (Fsp3) is 0.875. The van der Waals surface area contributed by atoms with Crippen molar-refractivity contribution in [1.29, 1.82) is 0 Å². The van der Waals surface area contributed by atoms with E-state index < -0.39 is 0 Å². The summed E-state index contributed by atoms with van der Waals surface area (Å²) in [5, 5.41) is 2.81. The first-order chi connectivity index (χ1) is 5.66. The standard InChI is InChI=1S/C8H17ClN2O/c1-11(2)7-6-10-8(12)4-3-5-9/h3-7H2,1-2H3,(H,10,12). The molecule has 0 aromatic carbocycles. The lowest BCUT2D eigenvalue weighted by Crippen LogP contribution is -2.31. The predicted octanol–water partition coefficient (Wildman–Crippen LogP) is 0.683. The smallest absolute Gasteiger partial charge is 0.220 e. The molecule has 0 aromatic heterocycles. The van der Waals surface area contributed by atoms with Gasteiger partial charge in [0.1, 0.15) is 0 Å². The van der Waals surface area contributed by atoms with Gasteiger partial charge in [-0.05, 0) is 20.5 Å². The van der Waals surface area contributed by atoms with E-state index in [-0.39, 0.29) is 5.91 Å². The van der Waals surface area contributed by atoms with Gasteiger partial charge < -0.3 is 10.2 Å². The van der Waals surface area contributed by atoms with Crippen molar-refractivity contribution in [3.8, 4) is 0 Å². The van der Waals surface area contributed by atoms with E-state index in [2.05, 4.69) is 5.32 Å². The molecule has 12 heavy (non-hydrogen) atoms. The van der Waals surface area contributed by atoms with Crippen LogP contribution in [0.15, 0.2) is 0 Å². The number of hydrogen-bond donors (Lipinski definition) is 1. The molecule has 0 saturated heterocycles. The van der Waals surface area contributed by atoms with Crippen LogP contribution < -0.4 is 5.32 Å². The minimum atomic E-state index is 0.0949. The molecule has 0 radical (unpaired) electrons. The summed E-state index contributed by atoms with van der Waals surface area (Å²) in [6, 6.07) is 0. The van der Waals surface area contributed by atoms with Crippen molar-refractivity contribution in [3.63, 3.8) is 0 Å². The largest absolute Gasteiger partial charge is 0.355 e. The Morgan fingerprint density at radius 3 is 2.67 bits per heavy atom. The van der Waals surface area contributed by atoms with E-state index in [1.54, 1.807) is 0 Å². The molecule has 0 fully saturated rings. The second kappa shape index (κ2) is 7.37. The number of amides is 1. The van der Waals surface area contributed by atoms with Gasteiger partial charge in [-0.1, -0.05) is 0 Å². The Labute approximate surface area is 79.1 Å². The topological polar surface area (TPSA) is 32.3 Å². The van der Waals surface area contributed by atoms with Crippen molar-refractivity contribution in [2.45, 2.75) is 12.8 Å². The molecule has 4 heteroatoms. The summed E-state index contributed by atoms with van der Waals surface area (Å²) in [6.07, 6.45) is 1.30. The molecule has 3 nitrogen and oxygen atoms in total. The second-order valence-corrected chi connectivity index (χ2v) is 3.32. The molecule has 1 N–H and O–H groups in total. The zero-order chi connectivity index (χ0) is 9.40. The fourth-order valence-corrected chi connectivity index (χ4v) is 0.868. The maximum atomic E-state index is 11.0. The van der Waals surface area contributed by atoms with Gasteiger partial charge in [-0.2, -0.15) is 0 Å². The van der Waals surface area contributed by atoms with E-state index in [9.17, 15) is 4.79 Å². The molecule has 72 valence electrons. The number of halogens is 1. The van der Waals surface area contributed by atoms with E-state index in [1.165, 1.54) is 0 Å². The van der Waals surface area contributed by atoms with Crippen LogP contribution in [0.25, 0.3) is 0 Å². The molecule has 0 bridgehead atoms. The molecular formula is C8H17ClN2O. The number of carbonyl (C=O) groups is 1. The lowest BCUT2D eigenvalue weighted by molar-refractivity contribution is -0.121. The third-order valence-electron chi connectivity index (χ3n) is 1.42. The first-order valence-electron chi connectivity index (χ1n) is 4.14. The normalized spacial score (nSPS) is 10.3. The van der Waals surface area contributed by atoms with E-state index >= 15 is 0 Å². The summed E-state index contributed by atoms with van der Waals surface area (Å²) in [5.74, 6) is 0.652. The molecule has 0 heterocycles. The van der Waals surface area contributed by atoms with Crippen LogP contribution in [0.3, 0.4) is 0 Å². The van der Waals surface area contributed by atoms with Crippen LogP contribution in [-0.2, 0) is 4.79 Å². The van der Waals surface area contributed by atoms with Gasteiger partial charge in [0.2, 0.25) is 5.91 Å². The lowest BCUT2D eigenvalue weighted by atomic mass is 10.3. The van der Waals surface area contributed by atoms with Gasteiger partial charge in [-0.25, -0.2) is 0 Å². The van der Waals surface area contributed by atoms with Crippen LogP contribution in [0, 0.1) is 0 Å². The number of nitrogens with one attached hydrogen (secondary N) is 1. The highest BCUT2D eigenvalue weighted by Gasteiger charge is 1.98. The highest BCUT2D eigenvalue weighted by Crippen LogP contribution is 1.90. The Morgan fingerprint density at radius 1 is 1.50 bits per heavy atom. The maximum Gasteiger partial charge on any atom is 0.220 e. The molecular weight excluding hydrogens is 176 g/mol. The predicted molar refractivity (Wildman–Crippen MR) is 51.5 cm³/mol. The van der Waals surface area contributed by atoms with Crippen molar-refractivity contribution >= 4 is 17.5 Å². The maximum absolute atomic E-state index is 11.0. The molecule has 0 aliphatic heterocycles. The molecule has 0 spiro atoms. The third kappa shape index (κ3) is 7.82. The summed E-state index contributed by atoms with van der Waals surface area (Å²) in [5.41, 5.74) is 0. The number of carbonyl (C=O) groups excluding carboxylic acids is 1. The molecule has 0 rings (SSSR count). The number of nitrogens with zero attached hydrogens (tertiary/aromatic N) is 1. The van der Waals surface area contributed by atoms with Crippen LogP contribution in [0.2, 0.25) is 0 Å². The third-order valence-corrected chi connectivity index (χ3v) is 1.69. The van der Waals surface area contributed by atoms with Crippen LogP contribution in [-0.4, -0.2) is 43.9 Å². The molecule has 0 aliphatic carbocycles. The molecule has 1 amide bonds. The quantitative estimate of drug-likeness (QED) is 0.628. The van der Waals surface area contributed by atoms with Crippen LogP contribution >= 0.6 is 11.6 Å². The number of alkyl halides is 1. The molecule has 0 atom stereocenters. The highest BCUT2D eigenvalue weighted by molar-refractivity contribution is 6.17. The second-order valence-electron chi connectivity index (χ2n) is 2.95. The summed E-state index contributed by atoms with van der Waals surface area (Å²) in [6.45, 7) is 1.60. The molecule has 0 aromatic rings. The zero-order valence-electron chi connectivity index (χ0n) is 7.77. The van der Waals surface area contributed by atoms with Crippen LogP contribution in [0.1, 0.15) is 12.8 Å². The SMILES string of the molecule is CN(C)CCNC(=O)CCCCl. The summed E-state index contributed by atoms with van der Waals surface area (Å²) < 4.78 is 0. The monoisotopic (exact) mass is 192 g/mol. The molecule has 0 saturated carbocycles. The van der Waals surface area contributed by atoms with Crippen molar-refractivity contribution in [3.05, 3.63) is 0 Å². The Bertz CT molecular complexity index is 128. The van der Waals surface area contributed by atoms with Gasteiger partial charge in [0.15, 0.2) is 0 Å². The number of rotatable bonds is 6. The molecule has 0 unspecified atom stereocenters. The summed E-state index contributed by atoms with van der Waals surface area (Å²) in [7, 11) is 3.95. The van der Waals surface area contributed by atoms with E-state index in [0.717, 1.165) is 13.0 Å². The number of hydrogen-bond acceptors (Lipinski definition) is 2. The van der Waals surface area contributed by atoms with Gasteiger partial charge in [0, 0.05) is 25.4 Å². The molecule has 0 aliphatic rings. The van der Waals surface area contributed by atoms with Crippen molar-refractivity contribution < 1.29 is 4.79 Å². The van der Waals surface area contributed by atoms with Crippen molar-refractivity contribution in [2.75, 3.05) is 33.1 Å². The Morgan fingerprint density at radius 2 is 2.17 bits per heavy atom. The van der Waals surface area contributed by atoms with Gasteiger partial charge in [-0.15, -0.1) is 11.6 Å². The van der Waals surface area contributed by atoms with E-state index in [4.69, 9.17) is 11.6 Å². The fourth-order valence-electron chi connectivity index (χ4n) is 0.735. The Hall–Kier alpha value is -0.280. The first-order valence-corrected chi connectivity index (χ1v) is 4.67. The van der Waals surface area contributed by atoms with Gasteiger partial charge in [0.05, 0.1) is 0 Å². The summed E-state index contributed by atoms with van der Waals surface area (Å²) >= 11 is 5.44. The Kier molecular flexibility index (Phi) is 7.20.